The van der Waals surface area contributed by atoms with Gasteiger partial charge in [-0.2, -0.15) is 0 Å². The Morgan fingerprint density at radius 1 is 0.815 bits per heavy atom. The number of benzene rings is 3. The van der Waals surface area contributed by atoms with Gasteiger partial charge in [0.1, 0.15) is 11.4 Å². The molecule has 0 radical (unpaired) electrons. The topological polar surface area (TPSA) is 55.4 Å². The van der Waals surface area contributed by atoms with E-state index in [1.165, 1.54) is 12.1 Å². The van der Waals surface area contributed by atoms with Crippen molar-refractivity contribution in [3.05, 3.63) is 68.6 Å². The van der Waals surface area contributed by atoms with Crippen LogP contribution in [0, 0.1) is 0 Å². The zero-order valence-corrected chi connectivity index (χ0v) is 17.1. The Kier molecular flexibility index (Phi) is 4.69. The van der Waals surface area contributed by atoms with Crippen LogP contribution in [-0.4, -0.2) is 8.42 Å². The Labute approximate surface area is 175 Å². The molecular weight excluding hydrogens is 452 g/mol. The second kappa shape index (κ2) is 6.76. The lowest BCUT2D eigenvalue weighted by molar-refractivity contribution is 0.485. The average molecular weight is 461 g/mol. The van der Waals surface area contributed by atoms with Gasteiger partial charge < -0.3 is 4.74 Å². The zero-order valence-electron chi connectivity index (χ0n) is 13.3. The highest BCUT2D eigenvalue weighted by atomic mass is 35.5. The van der Waals surface area contributed by atoms with Crippen molar-refractivity contribution in [3.8, 4) is 22.6 Å². The largest absolute Gasteiger partial charge is 0.455 e. The summed E-state index contributed by atoms with van der Waals surface area (Å²) in [6.45, 7) is 0. The standard InChI is InChI=1S/C18H9Cl4NO3S/c19-9-1-3-10(4-2-9)26-15-6-5-12(20)17-11-7-13(21)14(22)8-16(11)27(24,25)23-18(15)17/h1-8,23H. The SMILES string of the molecule is O=S1(=O)Nc2c(Oc3ccc(Cl)cc3)ccc(Cl)c2-c2cc(Cl)c(Cl)cc21. The first-order valence-corrected chi connectivity index (χ1v) is 10.5. The number of hydrogen-bond donors (Lipinski definition) is 1. The van der Waals surface area contributed by atoms with E-state index in [0.29, 0.717) is 26.9 Å². The van der Waals surface area contributed by atoms with Crippen LogP contribution in [0.3, 0.4) is 0 Å². The van der Waals surface area contributed by atoms with Gasteiger partial charge in [0.15, 0.2) is 5.75 Å². The molecular formula is C18H9Cl4NO3S. The molecule has 0 aliphatic carbocycles. The molecule has 0 unspecified atom stereocenters. The average Bonchev–Trinajstić information content (AvgIpc) is 2.60. The van der Waals surface area contributed by atoms with Gasteiger partial charge in [-0.3, -0.25) is 4.72 Å². The summed E-state index contributed by atoms with van der Waals surface area (Å²) in [5.74, 6) is 0.778. The van der Waals surface area contributed by atoms with E-state index in [4.69, 9.17) is 51.1 Å². The van der Waals surface area contributed by atoms with Gasteiger partial charge in [0.2, 0.25) is 0 Å². The van der Waals surface area contributed by atoms with E-state index in [1.54, 1.807) is 36.4 Å². The van der Waals surface area contributed by atoms with Crippen LogP contribution in [-0.2, 0) is 10.0 Å². The Morgan fingerprint density at radius 2 is 1.48 bits per heavy atom. The molecule has 0 aromatic heterocycles. The van der Waals surface area contributed by atoms with E-state index in [1.807, 2.05) is 0 Å². The molecule has 27 heavy (non-hydrogen) atoms. The summed E-state index contributed by atoms with van der Waals surface area (Å²) in [4.78, 5) is -0.00468. The summed E-state index contributed by atoms with van der Waals surface area (Å²) in [7, 11) is -3.89. The van der Waals surface area contributed by atoms with Gasteiger partial charge in [-0.25, -0.2) is 8.42 Å². The summed E-state index contributed by atoms with van der Waals surface area (Å²) < 4.78 is 33.8. The van der Waals surface area contributed by atoms with Crippen LogP contribution < -0.4 is 9.46 Å². The number of ether oxygens (including phenoxy) is 1. The van der Waals surface area contributed by atoms with Crippen LogP contribution in [0.4, 0.5) is 5.69 Å². The summed E-state index contributed by atoms with van der Waals surface area (Å²) in [5.41, 5.74) is 1.04. The minimum atomic E-state index is -3.89. The second-order valence-corrected chi connectivity index (χ2v) is 9.03. The monoisotopic (exact) mass is 459 g/mol. The molecule has 1 aliphatic heterocycles. The fourth-order valence-corrected chi connectivity index (χ4v) is 4.86. The molecule has 1 N–H and O–H groups in total. The number of hydrogen-bond acceptors (Lipinski definition) is 3. The number of rotatable bonds is 2. The van der Waals surface area contributed by atoms with Gasteiger partial charge in [0, 0.05) is 16.1 Å². The van der Waals surface area contributed by atoms with Crippen molar-refractivity contribution in [3.63, 3.8) is 0 Å². The lowest BCUT2D eigenvalue weighted by atomic mass is 10.0. The van der Waals surface area contributed by atoms with E-state index in [0.717, 1.165) is 0 Å². The van der Waals surface area contributed by atoms with Gasteiger partial charge in [0.05, 0.1) is 20.0 Å². The van der Waals surface area contributed by atoms with E-state index < -0.39 is 10.0 Å². The van der Waals surface area contributed by atoms with Crippen molar-refractivity contribution in [2.24, 2.45) is 0 Å². The van der Waals surface area contributed by atoms with Crippen molar-refractivity contribution >= 4 is 62.1 Å². The summed E-state index contributed by atoms with van der Waals surface area (Å²) in [6, 6.07) is 12.7. The Balaban J connectivity index is 1.93. The third kappa shape index (κ3) is 3.35. The Bertz CT molecular complexity index is 1180. The number of nitrogens with one attached hydrogen (secondary N) is 1. The van der Waals surface area contributed by atoms with Gasteiger partial charge in [-0.15, -0.1) is 0 Å². The smallest absolute Gasteiger partial charge is 0.262 e. The molecule has 0 fully saturated rings. The lowest BCUT2D eigenvalue weighted by Gasteiger charge is -2.25. The van der Waals surface area contributed by atoms with Gasteiger partial charge in [0.25, 0.3) is 10.0 Å². The van der Waals surface area contributed by atoms with E-state index in [-0.39, 0.29) is 26.4 Å². The maximum Gasteiger partial charge on any atom is 0.262 e. The predicted octanol–water partition coefficient (Wildman–Crippen LogP) is 6.87. The molecule has 0 saturated carbocycles. The second-order valence-electron chi connectivity index (χ2n) is 5.72. The number of sulfonamides is 1. The van der Waals surface area contributed by atoms with E-state index in [2.05, 4.69) is 4.72 Å². The van der Waals surface area contributed by atoms with Crippen LogP contribution in [0.25, 0.3) is 11.1 Å². The van der Waals surface area contributed by atoms with Gasteiger partial charge >= 0.3 is 0 Å². The predicted molar refractivity (Wildman–Crippen MR) is 109 cm³/mol. The van der Waals surface area contributed by atoms with E-state index in [9.17, 15) is 8.42 Å². The van der Waals surface area contributed by atoms with Crippen molar-refractivity contribution in [2.45, 2.75) is 4.90 Å². The summed E-state index contributed by atoms with van der Waals surface area (Å²) >= 11 is 24.4. The highest BCUT2D eigenvalue weighted by molar-refractivity contribution is 7.93. The summed E-state index contributed by atoms with van der Waals surface area (Å²) in [6.07, 6.45) is 0. The molecule has 4 nitrogen and oxygen atoms in total. The molecule has 3 aromatic rings. The summed E-state index contributed by atoms with van der Waals surface area (Å²) in [5, 5.41) is 1.25. The third-order valence-electron chi connectivity index (χ3n) is 3.98. The maximum absolute atomic E-state index is 12.7. The fourth-order valence-electron chi connectivity index (χ4n) is 2.77. The van der Waals surface area contributed by atoms with Crippen molar-refractivity contribution in [1.82, 2.24) is 0 Å². The van der Waals surface area contributed by atoms with Crippen molar-refractivity contribution in [1.29, 1.82) is 0 Å². The first-order valence-electron chi connectivity index (χ1n) is 7.54. The zero-order chi connectivity index (χ0) is 19.3. The molecule has 3 aromatic carbocycles. The number of anilines is 1. The molecule has 1 heterocycles. The highest BCUT2D eigenvalue weighted by Crippen LogP contribution is 2.50. The van der Waals surface area contributed by atoms with Crippen molar-refractivity contribution < 1.29 is 13.2 Å². The van der Waals surface area contributed by atoms with Crippen molar-refractivity contribution in [2.75, 3.05) is 4.72 Å². The Morgan fingerprint density at radius 3 is 2.19 bits per heavy atom. The van der Waals surface area contributed by atoms with Gasteiger partial charge in [-0.05, 0) is 48.5 Å². The molecule has 4 rings (SSSR count). The van der Waals surface area contributed by atoms with Gasteiger partial charge in [-0.1, -0.05) is 46.4 Å². The van der Waals surface area contributed by atoms with Crippen LogP contribution in [0.1, 0.15) is 0 Å². The quantitative estimate of drug-likeness (QED) is 0.453. The molecule has 0 bridgehead atoms. The molecule has 0 atom stereocenters. The molecule has 0 spiro atoms. The van der Waals surface area contributed by atoms with Crippen LogP contribution in [0.5, 0.6) is 11.5 Å². The lowest BCUT2D eigenvalue weighted by Crippen LogP contribution is -2.19. The fraction of sp³-hybridized carbons (Fsp3) is 0. The minimum absolute atomic E-state index is 0.00468. The minimum Gasteiger partial charge on any atom is -0.455 e. The Hall–Kier alpha value is -1.63. The van der Waals surface area contributed by atoms with Crippen LogP contribution in [0.2, 0.25) is 20.1 Å². The van der Waals surface area contributed by atoms with Crippen LogP contribution >= 0.6 is 46.4 Å². The maximum atomic E-state index is 12.7. The van der Waals surface area contributed by atoms with E-state index >= 15 is 0 Å². The number of fused-ring (bicyclic) bond motifs is 3. The first-order chi connectivity index (χ1) is 12.8. The number of halogens is 4. The molecule has 1 aliphatic rings. The molecule has 138 valence electrons. The molecule has 9 heteroatoms. The third-order valence-corrected chi connectivity index (χ3v) is 6.65. The van der Waals surface area contributed by atoms with Crippen LogP contribution in [0.15, 0.2) is 53.4 Å². The molecule has 0 saturated heterocycles. The normalized spacial score (nSPS) is 14.1. The molecule has 0 amide bonds. The highest BCUT2D eigenvalue weighted by Gasteiger charge is 2.32. The first kappa shape index (κ1) is 18.7.